The zero-order chi connectivity index (χ0) is 14.3. The van der Waals surface area contributed by atoms with Crippen LogP contribution < -0.4 is 10.6 Å². The first-order valence-electron chi connectivity index (χ1n) is 6.75. The number of nitrogens with zero attached hydrogens (tertiary/aromatic N) is 3. The quantitative estimate of drug-likeness (QED) is 0.927. The highest BCUT2D eigenvalue weighted by Gasteiger charge is 2.31. The fourth-order valence-electron chi connectivity index (χ4n) is 2.48. The Kier molecular flexibility index (Phi) is 3.10. The maximum absolute atomic E-state index is 11.8. The number of benzene rings is 1. The Morgan fingerprint density at radius 2 is 2.30 bits per heavy atom. The standard InChI is InChI=1S/C14H18N4O2/c1-9(2)18-13-4-3-11(5-10(13)7-16-18)17-8-12(6-15)20-14(17)19/h3-5,7,9,12H,6,8,15H2,1-2H3/t12-/m0/s1. The Balaban J connectivity index is 1.96. The zero-order valence-electron chi connectivity index (χ0n) is 11.6. The van der Waals surface area contributed by atoms with E-state index in [1.165, 1.54) is 0 Å². The van der Waals surface area contributed by atoms with Crippen LogP contribution in [0, 0.1) is 0 Å². The molecule has 6 heteroatoms. The third-order valence-electron chi connectivity index (χ3n) is 3.52. The minimum atomic E-state index is -0.337. The molecule has 0 aliphatic carbocycles. The Labute approximate surface area is 117 Å². The molecular weight excluding hydrogens is 256 g/mol. The van der Waals surface area contributed by atoms with E-state index in [0.29, 0.717) is 19.1 Å². The molecule has 0 radical (unpaired) electrons. The number of aromatic nitrogens is 2. The number of anilines is 1. The molecular formula is C14H18N4O2. The number of cyclic esters (lactones) is 1. The number of carbonyl (C=O) groups is 1. The summed E-state index contributed by atoms with van der Waals surface area (Å²) in [6.45, 7) is 5.02. The molecule has 1 amide bonds. The summed E-state index contributed by atoms with van der Waals surface area (Å²) in [6, 6.07) is 6.17. The number of hydrogen-bond acceptors (Lipinski definition) is 4. The van der Waals surface area contributed by atoms with Crippen molar-refractivity contribution in [2.24, 2.45) is 5.73 Å². The number of carbonyl (C=O) groups excluding carboxylic acids is 1. The van der Waals surface area contributed by atoms with Crippen LogP contribution in [-0.4, -0.2) is 35.1 Å². The van der Waals surface area contributed by atoms with Crippen molar-refractivity contribution in [3.05, 3.63) is 24.4 Å². The van der Waals surface area contributed by atoms with E-state index in [1.807, 2.05) is 29.1 Å². The fraction of sp³-hybridized carbons (Fsp3) is 0.429. The molecule has 0 spiro atoms. The molecule has 2 N–H and O–H groups in total. The van der Waals surface area contributed by atoms with Crippen molar-refractivity contribution in [2.45, 2.75) is 26.0 Å². The van der Waals surface area contributed by atoms with Crippen LogP contribution in [0.5, 0.6) is 0 Å². The lowest BCUT2D eigenvalue weighted by molar-refractivity contribution is 0.145. The van der Waals surface area contributed by atoms with E-state index in [9.17, 15) is 4.79 Å². The minimum absolute atomic E-state index is 0.225. The van der Waals surface area contributed by atoms with Crippen molar-refractivity contribution in [2.75, 3.05) is 18.0 Å². The van der Waals surface area contributed by atoms with E-state index in [0.717, 1.165) is 16.6 Å². The van der Waals surface area contributed by atoms with Gasteiger partial charge in [-0.25, -0.2) is 4.79 Å². The summed E-state index contributed by atoms with van der Waals surface area (Å²) in [4.78, 5) is 13.4. The summed E-state index contributed by atoms with van der Waals surface area (Å²) >= 11 is 0. The highest BCUT2D eigenvalue weighted by molar-refractivity contribution is 5.93. The molecule has 1 aromatic carbocycles. The molecule has 6 nitrogen and oxygen atoms in total. The van der Waals surface area contributed by atoms with E-state index in [-0.39, 0.29) is 12.2 Å². The van der Waals surface area contributed by atoms with Crippen LogP contribution in [0.25, 0.3) is 10.9 Å². The van der Waals surface area contributed by atoms with E-state index in [4.69, 9.17) is 10.5 Å². The number of fused-ring (bicyclic) bond motifs is 1. The molecule has 1 aliphatic heterocycles. The van der Waals surface area contributed by atoms with Gasteiger partial charge in [-0.05, 0) is 32.0 Å². The lowest BCUT2D eigenvalue weighted by atomic mass is 10.2. The lowest BCUT2D eigenvalue weighted by Gasteiger charge is -2.13. The number of hydrogen-bond donors (Lipinski definition) is 1. The predicted molar refractivity (Wildman–Crippen MR) is 76.8 cm³/mol. The van der Waals surface area contributed by atoms with Crippen molar-refractivity contribution in [3.8, 4) is 0 Å². The van der Waals surface area contributed by atoms with Crippen molar-refractivity contribution < 1.29 is 9.53 Å². The minimum Gasteiger partial charge on any atom is -0.443 e. The molecule has 1 aromatic heterocycles. The van der Waals surface area contributed by atoms with Crippen LogP contribution >= 0.6 is 0 Å². The van der Waals surface area contributed by atoms with Crippen LogP contribution in [-0.2, 0) is 4.74 Å². The van der Waals surface area contributed by atoms with Gasteiger partial charge in [0.25, 0.3) is 0 Å². The first-order chi connectivity index (χ1) is 9.60. The van der Waals surface area contributed by atoms with Gasteiger partial charge in [0.05, 0.1) is 18.3 Å². The van der Waals surface area contributed by atoms with Crippen LogP contribution in [0.2, 0.25) is 0 Å². The largest absolute Gasteiger partial charge is 0.443 e. The number of amides is 1. The second-order valence-electron chi connectivity index (χ2n) is 5.28. The van der Waals surface area contributed by atoms with Crippen molar-refractivity contribution >= 4 is 22.7 Å². The predicted octanol–water partition coefficient (Wildman–Crippen LogP) is 1.90. The second-order valence-corrected chi connectivity index (χ2v) is 5.28. The maximum Gasteiger partial charge on any atom is 0.414 e. The first kappa shape index (κ1) is 12.9. The number of ether oxygens (including phenoxy) is 1. The molecule has 0 bridgehead atoms. The zero-order valence-corrected chi connectivity index (χ0v) is 11.6. The first-order valence-corrected chi connectivity index (χ1v) is 6.75. The molecule has 1 atom stereocenters. The van der Waals surface area contributed by atoms with E-state index in [1.54, 1.807) is 4.90 Å². The molecule has 106 valence electrons. The van der Waals surface area contributed by atoms with Crippen LogP contribution in [0.15, 0.2) is 24.4 Å². The van der Waals surface area contributed by atoms with E-state index in [2.05, 4.69) is 18.9 Å². The van der Waals surface area contributed by atoms with Gasteiger partial charge in [-0.15, -0.1) is 0 Å². The smallest absolute Gasteiger partial charge is 0.414 e. The Morgan fingerprint density at radius 1 is 1.50 bits per heavy atom. The summed E-state index contributed by atoms with van der Waals surface area (Å²) in [7, 11) is 0. The highest BCUT2D eigenvalue weighted by Crippen LogP contribution is 2.26. The average molecular weight is 274 g/mol. The van der Waals surface area contributed by atoms with Crippen LogP contribution in [0.1, 0.15) is 19.9 Å². The Hall–Kier alpha value is -2.08. The van der Waals surface area contributed by atoms with E-state index >= 15 is 0 Å². The normalized spacial score (nSPS) is 19.1. The van der Waals surface area contributed by atoms with Crippen LogP contribution in [0.4, 0.5) is 10.5 Å². The Morgan fingerprint density at radius 3 is 2.95 bits per heavy atom. The van der Waals surface area contributed by atoms with Crippen LogP contribution in [0.3, 0.4) is 0 Å². The molecule has 3 rings (SSSR count). The molecule has 1 saturated heterocycles. The summed E-state index contributed by atoms with van der Waals surface area (Å²) < 4.78 is 7.14. The van der Waals surface area contributed by atoms with Crippen molar-refractivity contribution in [3.63, 3.8) is 0 Å². The lowest BCUT2D eigenvalue weighted by Crippen LogP contribution is -2.27. The monoisotopic (exact) mass is 274 g/mol. The molecule has 20 heavy (non-hydrogen) atoms. The molecule has 2 aromatic rings. The third-order valence-corrected chi connectivity index (χ3v) is 3.52. The fourth-order valence-corrected chi connectivity index (χ4v) is 2.48. The van der Waals surface area contributed by atoms with Gasteiger partial charge in [0, 0.05) is 23.7 Å². The molecule has 0 unspecified atom stereocenters. The van der Waals surface area contributed by atoms with Gasteiger partial charge in [-0.3, -0.25) is 9.58 Å². The van der Waals surface area contributed by atoms with Gasteiger partial charge >= 0.3 is 6.09 Å². The van der Waals surface area contributed by atoms with Gasteiger partial charge in [-0.1, -0.05) is 0 Å². The molecule has 1 fully saturated rings. The molecule has 0 saturated carbocycles. The summed E-state index contributed by atoms with van der Waals surface area (Å²) in [5, 5.41) is 5.39. The van der Waals surface area contributed by atoms with E-state index < -0.39 is 0 Å². The van der Waals surface area contributed by atoms with Crippen molar-refractivity contribution in [1.82, 2.24) is 9.78 Å². The van der Waals surface area contributed by atoms with Gasteiger partial charge in [0.2, 0.25) is 0 Å². The molecule has 2 heterocycles. The Bertz CT molecular complexity index is 650. The average Bonchev–Trinajstić information content (AvgIpc) is 3.01. The van der Waals surface area contributed by atoms with Gasteiger partial charge in [-0.2, -0.15) is 5.10 Å². The molecule has 1 aliphatic rings. The SMILES string of the molecule is CC(C)n1ncc2cc(N3C[C@H](CN)OC3=O)ccc21. The summed E-state index contributed by atoms with van der Waals surface area (Å²) in [5.74, 6) is 0. The van der Waals surface area contributed by atoms with Gasteiger partial charge in [0.1, 0.15) is 6.10 Å². The van der Waals surface area contributed by atoms with Gasteiger partial charge < -0.3 is 10.5 Å². The highest BCUT2D eigenvalue weighted by atomic mass is 16.6. The summed E-state index contributed by atoms with van der Waals surface area (Å²) in [5.41, 5.74) is 7.43. The maximum atomic E-state index is 11.8. The van der Waals surface area contributed by atoms with Gasteiger partial charge in [0.15, 0.2) is 0 Å². The number of nitrogens with two attached hydrogens (primary N) is 1. The third kappa shape index (κ3) is 2.02. The summed E-state index contributed by atoms with van der Waals surface area (Å²) in [6.07, 6.45) is 1.26. The second kappa shape index (κ2) is 4.79. The number of rotatable bonds is 3. The topological polar surface area (TPSA) is 73.4 Å². The van der Waals surface area contributed by atoms with Crippen molar-refractivity contribution in [1.29, 1.82) is 0 Å².